The quantitative estimate of drug-likeness (QED) is 0.304. The SMILES string of the molecule is Cc1cc(NC(=O)COC(=O)c2ccc(N3C(=O)[C@H]4C[C@H](c5ccccc5)CC[C@H]4C3=O)cc2)ccc1Br. The molecule has 0 spiro atoms. The van der Waals surface area contributed by atoms with Crippen molar-refractivity contribution in [3.8, 4) is 0 Å². The minimum Gasteiger partial charge on any atom is -0.452 e. The third-order valence-electron chi connectivity index (χ3n) is 7.33. The second-order valence-corrected chi connectivity index (χ2v) is 10.6. The van der Waals surface area contributed by atoms with E-state index in [2.05, 4.69) is 33.4 Å². The molecule has 8 heteroatoms. The van der Waals surface area contributed by atoms with Gasteiger partial charge in [-0.2, -0.15) is 0 Å². The fraction of sp³-hybridized carbons (Fsp3) is 0.267. The number of nitrogens with zero attached hydrogens (tertiary/aromatic N) is 1. The number of amides is 3. The first kappa shape index (κ1) is 25.9. The number of benzene rings is 3. The number of aryl methyl sites for hydroxylation is 1. The fourth-order valence-corrected chi connectivity index (χ4v) is 5.59. The zero-order valence-electron chi connectivity index (χ0n) is 20.9. The van der Waals surface area contributed by atoms with Crippen molar-refractivity contribution < 1.29 is 23.9 Å². The lowest BCUT2D eigenvalue weighted by Crippen LogP contribution is -2.30. The third kappa shape index (κ3) is 5.27. The highest BCUT2D eigenvalue weighted by Gasteiger charge is 2.50. The van der Waals surface area contributed by atoms with Gasteiger partial charge < -0.3 is 10.1 Å². The van der Waals surface area contributed by atoms with Crippen molar-refractivity contribution in [1.82, 2.24) is 0 Å². The largest absolute Gasteiger partial charge is 0.452 e. The van der Waals surface area contributed by atoms with Crippen LogP contribution < -0.4 is 10.2 Å². The maximum Gasteiger partial charge on any atom is 0.338 e. The Morgan fingerprint density at radius 3 is 2.37 bits per heavy atom. The van der Waals surface area contributed by atoms with Crippen LogP contribution in [0, 0.1) is 18.8 Å². The Bertz CT molecular complexity index is 1390. The number of carbonyl (C=O) groups is 4. The summed E-state index contributed by atoms with van der Waals surface area (Å²) < 4.78 is 6.08. The summed E-state index contributed by atoms with van der Waals surface area (Å²) in [7, 11) is 0. The first-order chi connectivity index (χ1) is 18.3. The molecule has 1 N–H and O–H groups in total. The van der Waals surface area contributed by atoms with Crippen molar-refractivity contribution in [3.63, 3.8) is 0 Å². The minimum absolute atomic E-state index is 0.179. The standard InChI is InChI=1S/C30H27BrN2O5/c1-18-15-22(10-14-26(18)31)32-27(34)17-38-30(37)20-7-11-23(12-8-20)33-28(35)24-13-9-21(16-25(24)29(33)36)19-5-3-2-4-6-19/h2-8,10-12,14-15,21,24-25H,9,13,16-17H2,1H3,(H,32,34)/t21-,24-,25+/m1/s1. The summed E-state index contributed by atoms with van der Waals surface area (Å²) in [5.41, 5.74) is 3.43. The first-order valence-electron chi connectivity index (χ1n) is 12.6. The van der Waals surface area contributed by atoms with Gasteiger partial charge in [-0.3, -0.25) is 19.3 Å². The van der Waals surface area contributed by atoms with Crippen molar-refractivity contribution in [2.75, 3.05) is 16.8 Å². The summed E-state index contributed by atoms with van der Waals surface area (Å²) in [6, 6.07) is 21.6. The van der Waals surface area contributed by atoms with Crippen LogP contribution in [0.4, 0.5) is 11.4 Å². The molecule has 3 amide bonds. The summed E-state index contributed by atoms with van der Waals surface area (Å²) in [5, 5.41) is 2.69. The summed E-state index contributed by atoms with van der Waals surface area (Å²) in [6.45, 7) is 1.47. The monoisotopic (exact) mass is 574 g/mol. The molecular weight excluding hydrogens is 548 g/mol. The van der Waals surface area contributed by atoms with Crippen molar-refractivity contribution in [1.29, 1.82) is 0 Å². The topological polar surface area (TPSA) is 92.8 Å². The number of esters is 1. The van der Waals surface area contributed by atoms with Gasteiger partial charge in [0.15, 0.2) is 6.61 Å². The number of imide groups is 1. The van der Waals surface area contributed by atoms with Gasteiger partial charge in [0.05, 0.1) is 23.1 Å². The van der Waals surface area contributed by atoms with Gasteiger partial charge in [-0.05, 0) is 85.7 Å². The van der Waals surface area contributed by atoms with Gasteiger partial charge >= 0.3 is 5.97 Å². The fourth-order valence-electron chi connectivity index (χ4n) is 5.34. The second-order valence-electron chi connectivity index (χ2n) is 9.78. The Morgan fingerprint density at radius 2 is 1.66 bits per heavy atom. The van der Waals surface area contributed by atoms with Crippen LogP contribution in [0.15, 0.2) is 77.3 Å². The highest BCUT2D eigenvalue weighted by molar-refractivity contribution is 9.10. The van der Waals surface area contributed by atoms with Gasteiger partial charge in [-0.1, -0.05) is 46.3 Å². The molecule has 2 aliphatic rings. The van der Waals surface area contributed by atoms with Crippen LogP contribution in [0.3, 0.4) is 0 Å². The van der Waals surface area contributed by atoms with E-state index in [0.717, 1.165) is 16.5 Å². The highest BCUT2D eigenvalue weighted by Crippen LogP contribution is 2.45. The lowest BCUT2D eigenvalue weighted by Gasteiger charge is -2.28. The molecule has 1 aliphatic heterocycles. The van der Waals surface area contributed by atoms with Gasteiger partial charge in [0, 0.05) is 10.2 Å². The molecule has 1 saturated heterocycles. The molecule has 194 valence electrons. The van der Waals surface area contributed by atoms with Gasteiger partial charge in [0.25, 0.3) is 5.91 Å². The number of fused-ring (bicyclic) bond motifs is 1. The molecule has 1 saturated carbocycles. The molecule has 7 nitrogen and oxygen atoms in total. The lowest BCUT2D eigenvalue weighted by atomic mass is 9.73. The lowest BCUT2D eigenvalue weighted by molar-refractivity contribution is -0.122. The third-order valence-corrected chi connectivity index (χ3v) is 8.22. The summed E-state index contributed by atoms with van der Waals surface area (Å²) in [5.74, 6) is -1.87. The van der Waals surface area contributed by atoms with Crippen molar-refractivity contribution in [2.45, 2.75) is 32.1 Å². The van der Waals surface area contributed by atoms with Crippen LogP contribution in [0.1, 0.15) is 46.7 Å². The van der Waals surface area contributed by atoms with Crippen molar-refractivity contribution >= 4 is 51.0 Å². The van der Waals surface area contributed by atoms with Gasteiger partial charge in [-0.25, -0.2) is 4.79 Å². The predicted octanol–water partition coefficient (Wildman–Crippen LogP) is 5.63. The Kier molecular flexibility index (Phi) is 7.42. The molecule has 0 aromatic heterocycles. The summed E-state index contributed by atoms with van der Waals surface area (Å²) >= 11 is 3.41. The molecule has 1 aliphatic carbocycles. The Hall–Kier alpha value is -3.78. The second kappa shape index (κ2) is 10.9. The van der Waals surface area contributed by atoms with Gasteiger partial charge in [0.1, 0.15) is 0 Å². The van der Waals surface area contributed by atoms with Crippen LogP contribution in [0.25, 0.3) is 0 Å². The smallest absolute Gasteiger partial charge is 0.338 e. The number of hydrogen-bond acceptors (Lipinski definition) is 5. The number of nitrogens with one attached hydrogen (secondary N) is 1. The first-order valence-corrected chi connectivity index (χ1v) is 13.4. The Morgan fingerprint density at radius 1 is 0.947 bits per heavy atom. The number of ether oxygens (including phenoxy) is 1. The molecule has 38 heavy (non-hydrogen) atoms. The Labute approximate surface area is 229 Å². The number of anilines is 2. The van der Waals surface area contributed by atoms with Crippen LogP contribution >= 0.6 is 15.9 Å². The molecule has 3 aromatic rings. The van der Waals surface area contributed by atoms with Crippen molar-refractivity contribution in [2.24, 2.45) is 11.8 Å². The maximum atomic E-state index is 13.3. The van der Waals surface area contributed by atoms with Crippen LogP contribution in [-0.2, 0) is 19.1 Å². The van der Waals surface area contributed by atoms with E-state index in [-0.39, 0.29) is 35.1 Å². The van der Waals surface area contributed by atoms with Crippen LogP contribution in [0.5, 0.6) is 0 Å². The van der Waals surface area contributed by atoms with E-state index in [1.54, 1.807) is 24.3 Å². The average Bonchev–Trinajstić information content (AvgIpc) is 3.19. The number of halogens is 1. The predicted molar refractivity (Wildman–Crippen MR) is 147 cm³/mol. The molecule has 3 aromatic carbocycles. The molecule has 0 bridgehead atoms. The van der Waals surface area contributed by atoms with Crippen LogP contribution in [-0.4, -0.2) is 30.3 Å². The van der Waals surface area contributed by atoms with E-state index in [1.807, 2.05) is 31.2 Å². The van der Waals surface area contributed by atoms with E-state index in [4.69, 9.17) is 4.74 Å². The van der Waals surface area contributed by atoms with E-state index in [0.29, 0.717) is 24.2 Å². The molecule has 2 fully saturated rings. The summed E-state index contributed by atoms with van der Waals surface area (Å²) in [6.07, 6.45) is 2.21. The maximum absolute atomic E-state index is 13.3. The number of hydrogen-bond donors (Lipinski definition) is 1. The zero-order valence-corrected chi connectivity index (χ0v) is 22.4. The van der Waals surface area contributed by atoms with E-state index in [9.17, 15) is 19.2 Å². The zero-order chi connectivity index (χ0) is 26.8. The van der Waals surface area contributed by atoms with E-state index >= 15 is 0 Å². The molecule has 5 rings (SSSR count). The number of carbonyl (C=O) groups excluding carboxylic acids is 4. The van der Waals surface area contributed by atoms with Crippen molar-refractivity contribution in [3.05, 3.63) is 94.0 Å². The molecular formula is C30H27BrN2O5. The summed E-state index contributed by atoms with van der Waals surface area (Å²) in [4.78, 5) is 52.4. The van der Waals surface area contributed by atoms with E-state index < -0.39 is 18.5 Å². The molecule has 0 unspecified atom stereocenters. The number of rotatable bonds is 6. The molecule has 1 heterocycles. The van der Waals surface area contributed by atoms with Gasteiger partial charge in [-0.15, -0.1) is 0 Å². The normalized spacial score (nSPS) is 20.7. The highest BCUT2D eigenvalue weighted by atomic mass is 79.9. The average molecular weight is 575 g/mol. The van der Waals surface area contributed by atoms with Gasteiger partial charge in [0.2, 0.25) is 11.8 Å². The molecule has 3 atom stereocenters. The minimum atomic E-state index is -0.669. The Balaban J connectivity index is 1.19. The van der Waals surface area contributed by atoms with Crippen LogP contribution in [0.2, 0.25) is 0 Å². The molecule has 0 radical (unpaired) electrons. The van der Waals surface area contributed by atoms with E-state index in [1.165, 1.54) is 22.6 Å².